The number of halogens is 3. The molecule has 2 rings (SSSR count). The highest BCUT2D eigenvalue weighted by Crippen LogP contribution is 2.34. The smallest absolute Gasteiger partial charge is 0.495 e. The van der Waals surface area contributed by atoms with Crippen LogP contribution in [0.25, 0.3) is 0 Å². The van der Waals surface area contributed by atoms with Crippen LogP contribution in [-0.4, -0.2) is 40.0 Å². The highest BCUT2D eigenvalue weighted by molar-refractivity contribution is 7.92. The fraction of sp³-hybridized carbons (Fsp3) is 0.316. The van der Waals surface area contributed by atoms with E-state index in [1.807, 2.05) is 30.3 Å². The minimum Gasteiger partial charge on any atom is -0.495 e. The second kappa shape index (κ2) is 9.64. The third kappa shape index (κ3) is 6.11. The number of hydrogen-bond acceptors (Lipinski definition) is 5. The molecule has 10 heteroatoms. The van der Waals surface area contributed by atoms with Crippen LogP contribution >= 0.6 is 0 Å². The number of alkyl halides is 3. The van der Waals surface area contributed by atoms with E-state index >= 15 is 0 Å². The van der Waals surface area contributed by atoms with E-state index in [-0.39, 0.29) is 23.9 Å². The zero-order valence-corrected chi connectivity index (χ0v) is 16.4. The molecular formula is C19H21F3N2O4S. The summed E-state index contributed by atoms with van der Waals surface area (Å²) in [4.78, 5) is 11.0. The van der Waals surface area contributed by atoms with Crippen molar-refractivity contribution in [3.8, 4) is 5.75 Å². The Kier molecular flexibility index (Phi) is 7.49. The zero-order chi connectivity index (χ0) is 21.5. The summed E-state index contributed by atoms with van der Waals surface area (Å²) in [7, 11) is -4.22. The maximum atomic E-state index is 12.7. The molecule has 2 aromatic rings. The molecule has 158 valence electrons. The molecule has 0 aromatic heterocycles. The molecule has 0 fully saturated rings. The topological polar surface area (TPSA) is 84.5 Å². The number of rotatable bonds is 9. The van der Waals surface area contributed by atoms with Gasteiger partial charge < -0.3 is 15.4 Å². The van der Waals surface area contributed by atoms with Crippen LogP contribution in [0.4, 0.5) is 18.9 Å². The molecule has 0 radical (unpaired) electrons. The Morgan fingerprint density at radius 3 is 2.41 bits per heavy atom. The van der Waals surface area contributed by atoms with Crippen molar-refractivity contribution in [3.63, 3.8) is 0 Å². The van der Waals surface area contributed by atoms with Crippen LogP contribution in [0.5, 0.6) is 5.75 Å². The van der Waals surface area contributed by atoms with Crippen molar-refractivity contribution in [2.45, 2.75) is 23.2 Å². The van der Waals surface area contributed by atoms with Crippen LogP contribution in [0.1, 0.15) is 12.0 Å². The summed E-state index contributed by atoms with van der Waals surface area (Å²) in [5, 5.41) is 5.31. The fourth-order valence-corrected chi connectivity index (χ4v) is 3.32. The summed E-state index contributed by atoms with van der Waals surface area (Å²) in [6.45, 7) is 0.173. The number of methoxy groups -OCH3 is 1. The van der Waals surface area contributed by atoms with Gasteiger partial charge in [0.15, 0.2) is 0 Å². The van der Waals surface area contributed by atoms with Gasteiger partial charge in [-0.3, -0.25) is 4.79 Å². The Labute approximate surface area is 167 Å². The second-order valence-electron chi connectivity index (χ2n) is 6.10. The van der Waals surface area contributed by atoms with Crippen LogP contribution in [0.15, 0.2) is 53.4 Å². The van der Waals surface area contributed by atoms with Gasteiger partial charge in [-0.1, -0.05) is 30.3 Å². The van der Waals surface area contributed by atoms with Crippen LogP contribution in [0.3, 0.4) is 0 Å². The van der Waals surface area contributed by atoms with Crippen molar-refractivity contribution in [2.75, 3.05) is 25.5 Å². The van der Waals surface area contributed by atoms with E-state index in [9.17, 15) is 26.4 Å². The van der Waals surface area contributed by atoms with Gasteiger partial charge in [-0.2, -0.15) is 13.2 Å². The lowest BCUT2D eigenvalue weighted by Gasteiger charge is -2.14. The van der Waals surface area contributed by atoms with Gasteiger partial charge in [0, 0.05) is 6.54 Å². The number of sulfone groups is 1. The standard InChI is InChI=1S/C19H21F3N2O4S/c1-28-17-10-9-15(29(26,27)19(20,21)22)12-16(17)24-13-18(25)23-11-5-8-14-6-3-2-4-7-14/h2-4,6-7,9-10,12,24H,5,8,11,13H2,1H3,(H,23,25). The summed E-state index contributed by atoms with van der Waals surface area (Å²) in [6.07, 6.45) is 1.51. The molecule has 1 amide bonds. The molecule has 0 unspecified atom stereocenters. The number of carbonyl (C=O) groups excluding carboxylic acids is 1. The molecule has 29 heavy (non-hydrogen) atoms. The fourth-order valence-electron chi connectivity index (χ4n) is 2.53. The Hall–Kier alpha value is -2.75. The van der Waals surface area contributed by atoms with Crippen molar-refractivity contribution < 1.29 is 31.1 Å². The van der Waals surface area contributed by atoms with Crippen molar-refractivity contribution >= 4 is 21.4 Å². The SMILES string of the molecule is COc1ccc(S(=O)(=O)C(F)(F)F)cc1NCC(=O)NCCCc1ccccc1. The van der Waals surface area contributed by atoms with Gasteiger partial charge in [0.25, 0.3) is 9.84 Å². The summed E-state index contributed by atoms with van der Waals surface area (Å²) in [5.41, 5.74) is -4.31. The molecule has 0 aliphatic heterocycles. The highest BCUT2D eigenvalue weighted by Gasteiger charge is 2.47. The Balaban J connectivity index is 1.93. The molecule has 0 heterocycles. The minimum absolute atomic E-state index is 0.0303. The molecule has 0 saturated carbocycles. The Bertz CT molecular complexity index is 932. The first kappa shape index (κ1) is 22.5. The second-order valence-corrected chi connectivity index (χ2v) is 8.05. The first-order chi connectivity index (χ1) is 13.6. The monoisotopic (exact) mass is 430 g/mol. The third-order valence-electron chi connectivity index (χ3n) is 4.03. The number of hydrogen-bond donors (Lipinski definition) is 2. The number of amides is 1. The molecule has 0 aliphatic carbocycles. The average molecular weight is 430 g/mol. The maximum Gasteiger partial charge on any atom is 0.501 e. The first-order valence-corrected chi connectivity index (χ1v) is 10.2. The van der Waals surface area contributed by atoms with Crippen molar-refractivity contribution in [1.82, 2.24) is 5.32 Å². The first-order valence-electron chi connectivity index (χ1n) is 8.69. The van der Waals surface area contributed by atoms with Crippen LogP contribution < -0.4 is 15.4 Å². The molecule has 0 spiro atoms. The normalized spacial score (nSPS) is 11.7. The number of aryl methyl sites for hydroxylation is 1. The van der Waals surface area contributed by atoms with Gasteiger partial charge in [0.2, 0.25) is 5.91 Å². The predicted molar refractivity (Wildman–Crippen MR) is 102 cm³/mol. The lowest BCUT2D eigenvalue weighted by atomic mass is 10.1. The lowest BCUT2D eigenvalue weighted by molar-refractivity contribution is -0.119. The number of anilines is 1. The van der Waals surface area contributed by atoms with Gasteiger partial charge in [-0.15, -0.1) is 0 Å². The zero-order valence-electron chi connectivity index (χ0n) is 15.6. The number of nitrogens with one attached hydrogen (secondary N) is 2. The molecular weight excluding hydrogens is 409 g/mol. The number of benzene rings is 2. The third-order valence-corrected chi connectivity index (χ3v) is 5.52. The molecule has 2 aromatic carbocycles. The van der Waals surface area contributed by atoms with Crippen molar-refractivity contribution in [1.29, 1.82) is 0 Å². The Morgan fingerprint density at radius 2 is 1.79 bits per heavy atom. The summed E-state index contributed by atoms with van der Waals surface area (Å²) in [5.74, 6) is -0.271. The average Bonchev–Trinajstić information content (AvgIpc) is 2.69. The lowest BCUT2D eigenvalue weighted by Crippen LogP contribution is -2.31. The highest BCUT2D eigenvalue weighted by atomic mass is 32.2. The van der Waals surface area contributed by atoms with Gasteiger partial charge in [0.05, 0.1) is 24.2 Å². The maximum absolute atomic E-state index is 12.7. The van der Waals surface area contributed by atoms with Gasteiger partial charge in [-0.05, 0) is 36.6 Å². The molecule has 0 aliphatic rings. The van der Waals surface area contributed by atoms with Gasteiger partial charge >= 0.3 is 5.51 Å². The molecule has 0 atom stereocenters. The Morgan fingerprint density at radius 1 is 1.10 bits per heavy atom. The molecule has 2 N–H and O–H groups in total. The molecule has 0 bridgehead atoms. The van der Waals surface area contributed by atoms with E-state index in [4.69, 9.17) is 4.74 Å². The van der Waals surface area contributed by atoms with Crippen LogP contribution in [0, 0.1) is 0 Å². The van der Waals surface area contributed by atoms with E-state index in [0.717, 1.165) is 36.6 Å². The predicted octanol–water partition coefficient (Wildman–Crippen LogP) is 3.15. The summed E-state index contributed by atoms with van der Waals surface area (Å²) >= 11 is 0. The van der Waals surface area contributed by atoms with E-state index in [0.29, 0.717) is 6.54 Å². The van der Waals surface area contributed by atoms with Gasteiger partial charge in [0.1, 0.15) is 5.75 Å². The van der Waals surface area contributed by atoms with E-state index in [1.165, 1.54) is 7.11 Å². The van der Waals surface area contributed by atoms with Crippen LogP contribution in [0.2, 0.25) is 0 Å². The van der Waals surface area contributed by atoms with Gasteiger partial charge in [-0.25, -0.2) is 8.42 Å². The largest absolute Gasteiger partial charge is 0.501 e. The van der Waals surface area contributed by atoms with E-state index in [2.05, 4.69) is 10.6 Å². The quantitative estimate of drug-likeness (QED) is 0.597. The van der Waals surface area contributed by atoms with Crippen LogP contribution in [-0.2, 0) is 21.1 Å². The van der Waals surface area contributed by atoms with E-state index in [1.54, 1.807) is 0 Å². The summed E-state index contributed by atoms with van der Waals surface area (Å²) in [6, 6.07) is 12.4. The van der Waals surface area contributed by atoms with E-state index < -0.39 is 20.2 Å². The van der Waals surface area contributed by atoms with Crippen molar-refractivity contribution in [2.24, 2.45) is 0 Å². The number of carbonyl (C=O) groups is 1. The molecule has 6 nitrogen and oxygen atoms in total. The summed E-state index contributed by atoms with van der Waals surface area (Å²) < 4.78 is 66.4. The van der Waals surface area contributed by atoms with Crippen molar-refractivity contribution in [3.05, 3.63) is 54.1 Å². The minimum atomic E-state index is -5.50. The number of ether oxygens (including phenoxy) is 1. The molecule has 0 saturated heterocycles.